The van der Waals surface area contributed by atoms with E-state index in [9.17, 15) is 4.79 Å². The van der Waals surface area contributed by atoms with E-state index >= 15 is 0 Å². The number of oxazole rings is 1. The maximum absolute atomic E-state index is 11.9. The van der Waals surface area contributed by atoms with Gasteiger partial charge in [-0.15, -0.1) is 0 Å². The molecule has 3 rings (SSSR count). The Morgan fingerprint density at radius 2 is 2.24 bits per heavy atom. The minimum Gasteiger partial charge on any atom is -0.448 e. The third-order valence-corrected chi connectivity index (χ3v) is 4.48. The van der Waals surface area contributed by atoms with Crippen LogP contribution in [-0.4, -0.2) is 46.4 Å². The highest BCUT2D eigenvalue weighted by molar-refractivity contribution is 5.78. The number of piperidine rings is 1. The summed E-state index contributed by atoms with van der Waals surface area (Å²) in [5.41, 5.74) is 1.01. The van der Waals surface area contributed by atoms with Crippen molar-refractivity contribution in [1.29, 1.82) is 0 Å². The molecule has 3 heterocycles. The molecule has 0 aromatic carbocycles. The molecule has 0 unspecified atom stereocenters. The Bertz CT molecular complexity index is 497. The van der Waals surface area contributed by atoms with Gasteiger partial charge in [0.15, 0.2) is 5.89 Å². The highest BCUT2D eigenvalue weighted by Gasteiger charge is 2.31. The number of amides is 1. The van der Waals surface area contributed by atoms with Crippen LogP contribution in [0.3, 0.4) is 0 Å². The standard InChI is InChI=1S/C16H25N3O2/c1-12(2)16-17-13(11-21-16)9-18-7-3-5-14(10-18)19-8-4-6-15(19)20/h11-12,14H,3-10H2,1-2H3/t14-/m1/s1. The summed E-state index contributed by atoms with van der Waals surface area (Å²) in [6.45, 7) is 8.00. The summed E-state index contributed by atoms with van der Waals surface area (Å²) in [6.07, 6.45) is 5.83. The Hall–Kier alpha value is -1.36. The molecule has 5 heteroatoms. The quantitative estimate of drug-likeness (QED) is 0.854. The van der Waals surface area contributed by atoms with Gasteiger partial charge in [0.2, 0.25) is 5.91 Å². The van der Waals surface area contributed by atoms with Crippen molar-refractivity contribution in [2.24, 2.45) is 0 Å². The zero-order chi connectivity index (χ0) is 14.8. The second kappa shape index (κ2) is 6.18. The predicted octanol–water partition coefficient (Wildman–Crippen LogP) is 2.38. The summed E-state index contributed by atoms with van der Waals surface area (Å²) in [6, 6.07) is 0.394. The number of hydrogen-bond acceptors (Lipinski definition) is 4. The van der Waals surface area contributed by atoms with E-state index in [0.29, 0.717) is 17.9 Å². The first-order valence-corrected chi connectivity index (χ1v) is 8.09. The Morgan fingerprint density at radius 3 is 2.90 bits per heavy atom. The van der Waals surface area contributed by atoms with Gasteiger partial charge < -0.3 is 9.32 Å². The second-order valence-electron chi connectivity index (χ2n) is 6.55. The van der Waals surface area contributed by atoms with Crippen LogP contribution in [0, 0.1) is 0 Å². The summed E-state index contributed by atoms with van der Waals surface area (Å²) in [5.74, 6) is 1.48. The number of carbonyl (C=O) groups is 1. The van der Waals surface area contributed by atoms with Gasteiger partial charge in [-0.3, -0.25) is 9.69 Å². The van der Waals surface area contributed by atoms with Crippen molar-refractivity contribution in [3.05, 3.63) is 17.8 Å². The molecule has 0 radical (unpaired) electrons. The first-order chi connectivity index (χ1) is 10.1. The summed E-state index contributed by atoms with van der Waals surface area (Å²) in [4.78, 5) is 20.9. The molecule has 2 saturated heterocycles. The van der Waals surface area contributed by atoms with E-state index in [2.05, 4.69) is 28.6 Å². The van der Waals surface area contributed by atoms with E-state index in [1.807, 2.05) is 0 Å². The minimum absolute atomic E-state index is 0.329. The molecule has 0 spiro atoms. The van der Waals surface area contributed by atoms with Crippen LogP contribution in [-0.2, 0) is 11.3 Å². The second-order valence-corrected chi connectivity index (χ2v) is 6.55. The Morgan fingerprint density at radius 1 is 1.38 bits per heavy atom. The van der Waals surface area contributed by atoms with E-state index in [1.165, 1.54) is 0 Å². The van der Waals surface area contributed by atoms with Crippen molar-refractivity contribution < 1.29 is 9.21 Å². The molecule has 116 valence electrons. The highest BCUT2D eigenvalue weighted by Crippen LogP contribution is 2.23. The van der Waals surface area contributed by atoms with Gasteiger partial charge in [-0.25, -0.2) is 4.98 Å². The number of hydrogen-bond donors (Lipinski definition) is 0. The fraction of sp³-hybridized carbons (Fsp3) is 0.750. The van der Waals surface area contributed by atoms with Gasteiger partial charge in [0.1, 0.15) is 6.26 Å². The lowest BCUT2D eigenvalue weighted by atomic mass is 10.0. The number of aromatic nitrogens is 1. The minimum atomic E-state index is 0.329. The third-order valence-electron chi connectivity index (χ3n) is 4.48. The lowest BCUT2D eigenvalue weighted by Gasteiger charge is -2.37. The van der Waals surface area contributed by atoms with Crippen molar-refractivity contribution in [3.63, 3.8) is 0 Å². The van der Waals surface area contributed by atoms with Crippen LogP contribution in [0.4, 0.5) is 0 Å². The first-order valence-electron chi connectivity index (χ1n) is 8.09. The Balaban J connectivity index is 1.59. The van der Waals surface area contributed by atoms with Crippen LogP contribution in [0.25, 0.3) is 0 Å². The molecule has 0 N–H and O–H groups in total. The summed E-state index contributed by atoms with van der Waals surface area (Å²) in [5, 5.41) is 0. The largest absolute Gasteiger partial charge is 0.448 e. The van der Waals surface area contributed by atoms with Crippen LogP contribution in [0.15, 0.2) is 10.7 Å². The summed E-state index contributed by atoms with van der Waals surface area (Å²) >= 11 is 0. The van der Waals surface area contributed by atoms with Gasteiger partial charge in [-0.2, -0.15) is 0 Å². The van der Waals surface area contributed by atoms with E-state index in [4.69, 9.17) is 4.42 Å². The fourth-order valence-corrected chi connectivity index (χ4v) is 3.37. The maximum Gasteiger partial charge on any atom is 0.222 e. The molecule has 5 nitrogen and oxygen atoms in total. The van der Waals surface area contributed by atoms with Gasteiger partial charge in [-0.1, -0.05) is 13.8 Å². The zero-order valence-corrected chi connectivity index (χ0v) is 13.0. The predicted molar refractivity (Wildman–Crippen MR) is 79.8 cm³/mol. The van der Waals surface area contributed by atoms with Crippen molar-refractivity contribution in [1.82, 2.24) is 14.8 Å². The van der Waals surface area contributed by atoms with Crippen LogP contribution < -0.4 is 0 Å². The molecule has 2 aliphatic heterocycles. The molecule has 21 heavy (non-hydrogen) atoms. The molecule has 1 aromatic heterocycles. The third kappa shape index (κ3) is 3.28. The van der Waals surface area contributed by atoms with Gasteiger partial charge in [0.05, 0.1) is 5.69 Å². The van der Waals surface area contributed by atoms with Gasteiger partial charge in [0.25, 0.3) is 0 Å². The SMILES string of the molecule is CC(C)c1nc(CN2CCC[C@@H](N3CCCC3=O)C2)co1. The van der Waals surface area contributed by atoms with Crippen LogP contribution in [0.5, 0.6) is 0 Å². The highest BCUT2D eigenvalue weighted by atomic mass is 16.3. The van der Waals surface area contributed by atoms with Crippen LogP contribution in [0.2, 0.25) is 0 Å². The topological polar surface area (TPSA) is 49.6 Å². The van der Waals surface area contributed by atoms with Crippen molar-refractivity contribution in [2.75, 3.05) is 19.6 Å². The smallest absolute Gasteiger partial charge is 0.222 e. The van der Waals surface area contributed by atoms with Crippen LogP contribution in [0.1, 0.15) is 57.0 Å². The van der Waals surface area contributed by atoms with Crippen molar-refractivity contribution in [2.45, 2.75) is 58.0 Å². The molecule has 2 aliphatic rings. The average molecular weight is 291 g/mol. The van der Waals surface area contributed by atoms with E-state index in [1.54, 1.807) is 6.26 Å². The number of rotatable bonds is 4. The normalized spacial score (nSPS) is 24.2. The lowest BCUT2D eigenvalue weighted by Crippen LogP contribution is -2.48. The van der Waals surface area contributed by atoms with Crippen molar-refractivity contribution >= 4 is 5.91 Å². The van der Waals surface area contributed by atoms with Crippen molar-refractivity contribution in [3.8, 4) is 0 Å². The van der Waals surface area contributed by atoms with Gasteiger partial charge in [-0.05, 0) is 25.8 Å². The summed E-state index contributed by atoms with van der Waals surface area (Å²) in [7, 11) is 0. The van der Waals surface area contributed by atoms with Gasteiger partial charge in [0, 0.05) is 38.0 Å². The molecular formula is C16H25N3O2. The molecule has 1 aromatic rings. The molecule has 0 saturated carbocycles. The Labute approximate surface area is 126 Å². The molecule has 1 amide bonds. The molecular weight excluding hydrogens is 266 g/mol. The molecule has 2 fully saturated rings. The first kappa shape index (κ1) is 14.6. The molecule has 1 atom stereocenters. The maximum atomic E-state index is 11.9. The van der Waals surface area contributed by atoms with E-state index in [0.717, 1.165) is 63.4 Å². The molecule has 0 bridgehead atoms. The van der Waals surface area contributed by atoms with Crippen LogP contribution >= 0.6 is 0 Å². The lowest BCUT2D eigenvalue weighted by molar-refractivity contribution is -0.130. The van der Waals surface area contributed by atoms with Gasteiger partial charge >= 0.3 is 0 Å². The van der Waals surface area contributed by atoms with E-state index in [-0.39, 0.29) is 0 Å². The fourth-order valence-electron chi connectivity index (χ4n) is 3.37. The zero-order valence-electron chi connectivity index (χ0n) is 13.0. The Kier molecular flexibility index (Phi) is 4.29. The number of likely N-dealkylation sites (tertiary alicyclic amines) is 2. The number of carbonyl (C=O) groups excluding carboxylic acids is 1. The summed E-state index contributed by atoms with van der Waals surface area (Å²) < 4.78 is 5.51. The molecule has 0 aliphatic carbocycles. The monoisotopic (exact) mass is 291 g/mol. The van der Waals surface area contributed by atoms with E-state index < -0.39 is 0 Å². The average Bonchev–Trinajstić information content (AvgIpc) is 3.08. The number of nitrogens with zero attached hydrogens (tertiary/aromatic N) is 3.